The van der Waals surface area contributed by atoms with Crippen LogP contribution >= 0.6 is 0 Å². The Morgan fingerprint density at radius 2 is 2.09 bits per heavy atom. The smallest absolute Gasteiger partial charge is 0.290 e. The monoisotopic (exact) mass is 315 g/mol. The second-order valence-electron chi connectivity index (χ2n) is 5.76. The van der Waals surface area contributed by atoms with Gasteiger partial charge in [-0.05, 0) is 44.5 Å². The lowest BCUT2D eigenvalue weighted by molar-refractivity contribution is -0.385. The summed E-state index contributed by atoms with van der Waals surface area (Å²) in [4.78, 5) is 16.6. The molecule has 122 valence electrons. The van der Waals surface area contributed by atoms with Gasteiger partial charge >= 0.3 is 0 Å². The van der Waals surface area contributed by atoms with Gasteiger partial charge in [-0.1, -0.05) is 12.1 Å². The molecule has 0 radical (unpaired) electrons. The minimum atomic E-state index is -0.418. The Balaban J connectivity index is 2.14. The predicted molar refractivity (Wildman–Crippen MR) is 89.9 cm³/mol. The molecular weight excluding hydrogens is 294 g/mol. The number of anilines is 1. The van der Waals surface area contributed by atoms with Crippen molar-refractivity contribution < 1.29 is 9.66 Å². The van der Waals surface area contributed by atoms with E-state index in [1.807, 2.05) is 50.1 Å². The van der Waals surface area contributed by atoms with Crippen molar-refractivity contribution in [2.24, 2.45) is 0 Å². The van der Waals surface area contributed by atoms with Crippen LogP contribution in [0, 0.1) is 17.0 Å². The first kappa shape index (κ1) is 16.7. The highest BCUT2D eigenvalue weighted by atomic mass is 16.6. The van der Waals surface area contributed by atoms with Crippen molar-refractivity contribution in [2.75, 3.05) is 11.9 Å². The van der Waals surface area contributed by atoms with E-state index in [2.05, 4.69) is 4.98 Å². The molecule has 0 amide bonds. The zero-order valence-corrected chi connectivity index (χ0v) is 13.8. The largest absolute Gasteiger partial charge is 0.491 e. The Morgan fingerprint density at radius 3 is 2.70 bits per heavy atom. The first-order valence-electron chi connectivity index (χ1n) is 7.44. The molecule has 0 N–H and O–H groups in total. The molecule has 0 atom stereocenters. The van der Waals surface area contributed by atoms with Crippen LogP contribution in [0.2, 0.25) is 0 Å². The normalized spacial score (nSPS) is 10.7. The van der Waals surface area contributed by atoms with Gasteiger partial charge in [0.05, 0.1) is 11.0 Å². The highest BCUT2D eigenvalue weighted by Gasteiger charge is 2.13. The van der Waals surface area contributed by atoms with Crippen molar-refractivity contribution in [3.05, 3.63) is 57.8 Å². The number of hydrogen-bond donors (Lipinski definition) is 0. The molecule has 0 aliphatic carbocycles. The Labute approximate surface area is 135 Å². The lowest BCUT2D eigenvalue weighted by Crippen LogP contribution is -2.18. The molecule has 0 bridgehead atoms. The third kappa shape index (κ3) is 4.42. The SMILES string of the molecule is Cc1cc(N(C)Cc2cccc(OC(C)C)c2)ncc1[N+](=O)[O-]. The molecular formula is C17H21N3O3. The van der Waals surface area contributed by atoms with Crippen LogP contribution in [0.15, 0.2) is 36.5 Å². The summed E-state index contributed by atoms with van der Waals surface area (Å²) >= 11 is 0. The number of benzene rings is 1. The summed E-state index contributed by atoms with van der Waals surface area (Å²) in [7, 11) is 1.91. The molecule has 0 unspecified atom stereocenters. The van der Waals surface area contributed by atoms with E-state index in [-0.39, 0.29) is 11.8 Å². The van der Waals surface area contributed by atoms with Crippen LogP contribution in [0.4, 0.5) is 11.5 Å². The van der Waals surface area contributed by atoms with Crippen molar-refractivity contribution in [3.8, 4) is 5.75 Å². The molecule has 6 heteroatoms. The first-order valence-corrected chi connectivity index (χ1v) is 7.44. The zero-order valence-electron chi connectivity index (χ0n) is 13.8. The standard InChI is InChI=1S/C17H21N3O3/c1-12(2)23-15-7-5-6-14(9-15)11-19(4)17-8-13(3)16(10-18-17)20(21)22/h5-10,12H,11H2,1-4H3. The van der Waals surface area contributed by atoms with Crippen molar-refractivity contribution >= 4 is 11.5 Å². The Kier molecular flexibility index (Phi) is 5.16. The van der Waals surface area contributed by atoms with Crippen molar-refractivity contribution in [1.82, 2.24) is 4.98 Å². The second kappa shape index (κ2) is 7.09. The van der Waals surface area contributed by atoms with Gasteiger partial charge in [-0.15, -0.1) is 0 Å². The molecule has 0 fully saturated rings. The molecule has 0 saturated carbocycles. The second-order valence-corrected chi connectivity index (χ2v) is 5.76. The summed E-state index contributed by atoms with van der Waals surface area (Å²) in [5, 5.41) is 10.9. The molecule has 0 saturated heterocycles. The third-order valence-electron chi connectivity index (χ3n) is 3.35. The van der Waals surface area contributed by atoms with E-state index in [1.165, 1.54) is 6.20 Å². The van der Waals surface area contributed by atoms with E-state index in [4.69, 9.17) is 4.74 Å². The fraction of sp³-hybridized carbons (Fsp3) is 0.353. The Bertz CT molecular complexity index is 701. The molecule has 1 aromatic heterocycles. The van der Waals surface area contributed by atoms with Crippen LogP contribution in [-0.4, -0.2) is 23.1 Å². The van der Waals surface area contributed by atoms with Crippen LogP contribution in [0.25, 0.3) is 0 Å². The van der Waals surface area contributed by atoms with Crippen LogP contribution in [-0.2, 0) is 6.54 Å². The van der Waals surface area contributed by atoms with E-state index >= 15 is 0 Å². The van der Waals surface area contributed by atoms with Gasteiger partial charge in [0.2, 0.25) is 0 Å². The fourth-order valence-electron chi connectivity index (χ4n) is 2.28. The third-order valence-corrected chi connectivity index (χ3v) is 3.35. The van der Waals surface area contributed by atoms with E-state index in [1.54, 1.807) is 13.0 Å². The van der Waals surface area contributed by atoms with Crippen LogP contribution in [0.3, 0.4) is 0 Å². The van der Waals surface area contributed by atoms with Gasteiger partial charge in [-0.2, -0.15) is 0 Å². The van der Waals surface area contributed by atoms with Crippen molar-refractivity contribution in [3.63, 3.8) is 0 Å². The molecule has 0 aliphatic rings. The van der Waals surface area contributed by atoms with Gasteiger partial charge in [-0.25, -0.2) is 4.98 Å². The van der Waals surface area contributed by atoms with Crippen molar-refractivity contribution in [2.45, 2.75) is 33.4 Å². The number of nitro groups is 1. The summed E-state index contributed by atoms with van der Waals surface area (Å²) in [6.07, 6.45) is 1.43. The maximum atomic E-state index is 10.9. The quantitative estimate of drug-likeness (QED) is 0.600. The first-order chi connectivity index (χ1) is 10.9. The van der Waals surface area contributed by atoms with Crippen LogP contribution in [0.5, 0.6) is 5.75 Å². The number of hydrogen-bond acceptors (Lipinski definition) is 5. The molecule has 0 aliphatic heterocycles. The number of nitrogens with zero attached hydrogens (tertiary/aromatic N) is 3. The number of aryl methyl sites for hydroxylation is 1. The van der Waals surface area contributed by atoms with E-state index in [0.29, 0.717) is 17.9 Å². The molecule has 1 aromatic carbocycles. The number of ether oxygens (including phenoxy) is 1. The minimum absolute atomic E-state index is 0.0366. The average Bonchev–Trinajstić information content (AvgIpc) is 2.46. The molecule has 2 aromatic rings. The topological polar surface area (TPSA) is 68.5 Å². The lowest BCUT2D eigenvalue weighted by Gasteiger charge is -2.19. The summed E-state index contributed by atoms with van der Waals surface area (Å²) in [6.45, 7) is 6.33. The maximum Gasteiger partial charge on any atom is 0.290 e. The molecule has 2 rings (SSSR count). The Hall–Kier alpha value is -2.63. The van der Waals surface area contributed by atoms with Crippen LogP contribution in [0.1, 0.15) is 25.0 Å². The van der Waals surface area contributed by atoms with Gasteiger partial charge in [0, 0.05) is 19.2 Å². The fourth-order valence-corrected chi connectivity index (χ4v) is 2.28. The Morgan fingerprint density at radius 1 is 1.35 bits per heavy atom. The highest BCUT2D eigenvalue weighted by molar-refractivity contribution is 5.48. The number of aromatic nitrogens is 1. The summed E-state index contributed by atoms with van der Waals surface area (Å²) < 4.78 is 5.69. The van der Waals surface area contributed by atoms with Crippen molar-refractivity contribution in [1.29, 1.82) is 0 Å². The van der Waals surface area contributed by atoms with Crippen LogP contribution < -0.4 is 9.64 Å². The minimum Gasteiger partial charge on any atom is -0.491 e. The van der Waals surface area contributed by atoms with Gasteiger partial charge in [0.1, 0.15) is 17.8 Å². The zero-order chi connectivity index (χ0) is 17.0. The van der Waals surface area contributed by atoms with E-state index in [0.717, 1.165) is 11.3 Å². The van der Waals surface area contributed by atoms with Gasteiger partial charge in [0.15, 0.2) is 0 Å². The van der Waals surface area contributed by atoms with E-state index in [9.17, 15) is 10.1 Å². The predicted octanol–water partition coefficient (Wildman–Crippen LogP) is 3.72. The molecule has 1 heterocycles. The summed E-state index contributed by atoms with van der Waals surface area (Å²) in [5.41, 5.74) is 1.72. The van der Waals surface area contributed by atoms with Gasteiger partial charge < -0.3 is 9.64 Å². The van der Waals surface area contributed by atoms with Gasteiger partial charge in [0.25, 0.3) is 5.69 Å². The van der Waals surface area contributed by atoms with E-state index < -0.39 is 4.92 Å². The maximum absolute atomic E-state index is 10.9. The number of pyridine rings is 1. The summed E-state index contributed by atoms with van der Waals surface area (Å²) in [5.74, 6) is 1.53. The lowest BCUT2D eigenvalue weighted by atomic mass is 10.2. The highest BCUT2D eigenvalue weighted by Crippen LogP contribution is 2.22. The molecule has 23 heavy (non-hydrogen) atoms. The average molecular weight is 315 g/mol. The summed E-state index contributed by atoms with van der Waals surface area (Å²) in [6, 6.07) is 9.62. The number of rotatable bonds is 6. The van der Waals surface area contributed by atoms with Gasteiger partial charge in [-0.3, -0.25) is 10.1 Å². The molecule has 6 nitrogen and oxygen atoms in total. The molecule has 0 spiro atoms.